The van der Waals surface area contributed by atoms with Crippen molar-refractivity contribution in [2.45, 2.75) is 20.3 Å². The Morgan fingerprint density at radius 3 is 2.60 bits per heavy atom. The van der Waals surface area contributed by atoms with Crippen LogP contribution in [-0.4, -0.2) is 74.7 Å². The van der Waals surface area contributed by atoms with Crippen molar-refractivity contribution in [1.82, 2.24) is 15.1 Å². The number of ether oxygens (including phenoxy) is 1. The lowest BCUT2D eigenvalue weighted by Gasteiger charge is -2.36. The highest BCUT2D eigenvalue weighted by Gasteiger charge is 2.24. The number of nitrogens with one attached hydrogen (secondary N) is 1. The summed E-state index contributed by atoms with van der Waals surface area (Å²) in [5.41, 5.74) is 0. The Kier molecular flexibility index (Phi) is 7.78. The molecule has 0 aliphatic carbocycles. The molecule has 1 amide bonds. The Hall–Kier alpha value is -2.02. The fourth-order valence-corrected chi connectivity index (χ4v) is 2.67. The smallest absolute Gasteiger partial charge is 0.289 e. The molecule has 1 aromatic heterocycles. The first-order valence-electron chi connectivity index (χ1n) is 8.98. The van der Waals surface area contributed by atoms with E-state index in [9.17, 15) is 4.79 Å². The summed E-state index contributed by atoms with van der Waals surface area (Å²) >= 11 is 0. The summed E-state index contributed by atoms with van der Waals surface area (Å²) in [7, 11) is 1.78. The van der Waals surface area contributed by atoms with Crippen LogP contribution >= 0.6 is 0 Å². The van der Waals surface area contributed by atoms with E-state index in [0.29, 0.717) is 31.4 Å². The van der Waals surface area contributed by atoms with Crippen molar-refractivity contribution in [2.24, 2.45) is 10.9 Å². The summed E-state index contributed by atoms with van der Waals surface area (Å²) in [5, 5.41) is 3.33. The van der Waals surface area contributed by atoms with Crippen molar-refractivity contribution in [3.8, 4) is 0 Å². The monoisotopic (exact) mass is 350 g/mol. The van der Waals surface area contributed by atoms with E-state index in [0.717, 1.165) is 38.6 Å². The second-order valence-electron chi connectivity index (χ2n) is 6.53. The number of piperazine rings is 1. The third-order valence-electron chi connectivity index (χ3n) is 4.18. The van der Waals surface area contributed by atoms with E-state index in [1.165, 1.54) is 6.26 Å². The average molecular weight is 350 g/mol. The van der Waals surface area contributed by atoms with Crippen LogP contribution in [0.1, 0.15) is 30.8 Å². The maximum atomic E-state index is 12.3. The van der Waals surface area contributed by atoms with Gasteiger partial charge >= 0.3 is 0 Å². The molecule has 1 saturated heterocycles. The van der Waals surface area contributed by atoms with Gasteiger partial charge in [-0.05, 0) is 24.5 Å². The number of furan rings is 1. The highest BCUT2D eigenvalue weighted by Crippen LogP contribution is 2.09. The molecule has 25 heavy (non-hydrogen) atoms. The minimum Gasteiger partial charge on any atom is -0.459 e. The van der Waals surface area contributed by atoms with E-state index in [4.69, 9.17) is 9.15 Å². The number of carbonyl (C=O) groups excluding carboxylic acids is 1. The van der Waals surface area contributed by atoms with Crippen LogP contribution < -0.4 is 5.32 Å². The second-order valence-corrected chi connectivity index (χ2v) is 6.53. The molecule has 0 saturated carbocycles. The Morgan fingerprint density at radius 1 is 1.28 bits per heavy atom. The number of amides is 1. The first-order chi connectivity index (χ1) is 12.1. The van der Waals surface area contributed by atoms with Gasteiger partial charge in [0.15, 0.2) is 11.7 Å². The molecule has 1 fully saturated rings. The lowest BCUT2D eigenvalue weighted by molar-refractivity contribution is 0.0657. The summed E-state index contributed by atoms with van der Waals surface area (Å²) in [6.45, 7) is 9.40. The summed E-state index contributed by atoms with van der Waals surface area (Å²) < 4.78 is 10.8. The van der Waals surface area contributed by atoms with Crippen molar-refractivity contribution in [3.63, 3.8) is 0 Å². The summed E-state index contributed by atoms with van der Waals surface area (Å²) in [6.07, 6.45) is 2.61. The van der Waals surface area contributed by atoms with Gasteiger partial charge in [-0.1, -0.05) is 13.8 Å². The highest BCUT2D eigenvalue weighted by atomic mass is 16.5. The quantitative estimate of drug-likeness (QED) is 0.460. The van der Waals surface area contributed by atoms with Crippen LogP contribution in [0.25, 0.3) is 0 Å². The number of hydrogen-bond donors (Lipinski definition) is 1. The molecule has 1 aliphatic heterocycles. The largest absolute Gasteiger partial charge is 0.459 e. The molecule has 1 aromatic rings. The molecule has 7 heteroatoms. The molecule has 0 spiro atoms. The van der Waals surface area contributed by atoms with Gasteiger partial charge in [0, 0.05) is 46.4 Å². The van der Waals surface area contributed by atoms with Crippen molar-refractivity contribution < 1.29 is 13.9 Å². The lowest BCUT2D eigenvalue weighted by atomic mass is 10.1. The topological polar surface area (TPSA) is 70.3 Å². The molecule has 0 aromatic carbocycles. The van der Waals surface area contributed by atoms with E-state index in [1.807, 2.05) is 4.90 Å². The van der Waals surface area contributed by atoms with Crippen LogP contribution in [0.3, 0.4) is 0 Å². The fourth-order valence-electron chi connectivity index (χ4n) is 2.67. The van der Waals surface area contributed by atoms with E-state index < -0.39 is 0 Å². The van der Waals surface area contributed by atoms with Crippen molar-refractivity contribution >= 4 is 11.9 Å². The minimum atomic E-state index is -0.0499. The Morgan fingerprint density at radius 2 is 2.00 bits per heavy atom. The second kappa shape index (κ2) is 10.1. The predicted octanol–water partition coefficient (Wildman–Crippen LogP) is 1.68. The summed E-state index contributed by atoms with van der Waals surface area (Å²) in [6, 6.07) is 3.44. The third kappa shape index (κ3) is 6.08. The number of nitrogens with zero attached hydrogens (tertiary/aromatic N) is 3. The van der Waals surface area contributed by atoms with Crippen molar-refractivity contribution in [3.05, 3.63) is 24.2 Å². The zero-order valence-electron chi connectivity index (χ0n) is 15.5. The molecule has 0 atom stereocenters. The molecule has 0 unspecified atom stereocenters. The SMILES string of the molecule is CN=C(NCCOCCC(C)C)N1CCN(C(=O)c2ccco2)CC1. The predicted molar refractivity (Wildman–Crippen MR) is 97.8 cm³/mol. The van der Waals surface area contributed by atoms with Crippen molar-refractivity contribution in [1.29, 1.82) is 0 Å². The van der Waals surface area contributed by atoms with Gasteiger partial charge in [0.05, 0.1) is 12.9 Å². The van der Waals surface area contributed by atoms with Crippen LogP contribution in [0.4, 0.5) is 0 Å². The molecular formula is C18H30N4O3. The van der Waals surface area contributed by atoms with E-state index >= 15 is 0 Å². The zero-order chi connectivity index (χ0) is 18.1. The van der Waals surface area contributed by atoms with Gasteiger partial charge in [-0.3, -0.25) is 9.79 Å². The van der Waals surface area contributed by atoms with Crippen LogP contribution in [0.15, 0.2) is 27.8 Å². The van der Waals surface area contributed by atoms with Gasteiger partial charge in [-0.15, -0.1) is 0 Å². The minimum absolute atomic E-state index is 0.0499. The Bertz CT molecular complexity index is 535. The number of hydrogen-bond acceptors (Lipinski definition) is 4. The molecular weight excluding hydrogens is 320 g/mol. The number of rotatable bonds is 7. The van der Waals surface area contributed by atoms with Gasteiger partial charge in [0.1, 0.15) is 0 Å². The molecule has 2 heterocycles. The molecule has 1 aliphatic rings. The van der Waals surface area contributed by atoms with Crippen LogP contribution in [-0.2, 0) is 4.74 Å². The lowest BCUT2D eigenvalue weighted by Crippen LogP contribution is -2.54. The van der Waals surface area contributed by atoms with Gasteiger partial charge in [0.25, 0.3) is 5.91 Å². The average Bonchev–Trinajstić information content (AvgIpc) is 3.15. The summed E-state index contributed by atoms with van der Waals surface area (Å²) in [4.78, 5) is 20.6. The van der Waals surface area contributed by atoms with Gasteiger partial charge in [-0.25, -0.2) is 0 Å². The molecule has 1 N–H and O–H groups in total. The summed E-state index contributed by atoms with van der Waals surface area (Å²) in [5.74, 6) is 1.87. The number of carbonyl (C=O) groups is 1. The van der Waals surface area contributed by atoms with Gasteiger partial charge in [-0.2, -0.15) is 0 Å². The van der Waals surface area contributed by atoms with E-state index in [1.54, 1.807) is 19.2 Å². The maximum Gasteiger partial charge on any atom is 0.289 e. The van der Waals surface area contributed by atoms with Crippen LogP contribution in [0.2, 0.25) is 0 Å². The normalized spacial score (nSPS) is 15.8. The Labute approximate surface area is 150 Å². The van der Waals surface area contributed by atoms with Gasteiger partial charge in [0.2, 0.25) is 0 Å². The molecule has 0 bridgehead atoms. The first kappa shape index (κ1) is 19.3. The number of guanidine groups is 1. The molecule has 0 radical (unpaired) electrons. The number of aliphatic imine (C=N–C) groups is 1. The van der Waals surface area contributed by atoms with Crippen molar-refractivity contribution in [2.75, 3.05) is 53.0 Å². The van der Waals surface area contributed by atoms with Crippen LogP contribution in [0, 0.1) is 5.92 Å². The first-order valence-corrected chi connectivity index (χ1v) is 8.98. The standard InChI is InChI=1S/C18H30N4O3/c1-15(2)6-13-24-14-7-20-18(19-3)22-10-8-21(9-11-22)17(23)16-5-4-12-25-16/h4-5,12,15H,6-11,13-14H2,1-3H3,(H,19,20). The third-order valence-corrected chi connectivity index (χ3v) is 4.18. The van der Waals surface area contributed by atoms with Crippen LogP contribution in [0.5, 0.6) is 0 Å². The van der Waals surface area contributed by atoms with E-state index in [2.05, 4.69) is 29.1 Å². The molecule has 7 nitrogen and oxygen atoms in total. The highest BCUT2D eigenvalue weighted by molar-refractivity contribution is 5.91. The van der Waals surface area contributed by atoms with E-state index in [-0.39, 0.29) is 5.91 Å². The van der Waals surface area contributed by atoms with Gasteiger partial charge < -0.3 is 24.3 Å². The molecule has 140 valence electrons. The Balaban J connectivity index is 1.68. The fraction of sp³-hybridized carbons (Fsp3) is 0.667. The molecule has 2 rings (SSSR count). The maximum absolute atomic E-state index is 12.3. The zero-order valence-corrected chi connectivity index (χ0v) is 15.5.